The number of nitrogens with zero attached hydrogens (tertiary/aromatic N) is 3. The Hall–Kier alpha value is -2.90. The van der Waals surface area contributed by atoms with Gasteiger partial charge in [-0.1, -0.05) is 6.07 Å². The number of carbonyl (C=O) groups is 1. The zero-order valence-corrected chi connectivity index (χ0v) is 10.9. The van der Waals surface area contributed by atoms with Crippen molar-refractivity contribution in [3.63, 3.8) is 0 Å². The number of anilines is 1. The van der Waals surface area contributed by atoms with E-state index in [1.807, 2.05) is 0 Å². The number of nitrogen functional groups attached to an aromatic ring is 1. The van der Waals surface area contributed by atoms with Gasteiger partial charge in [0.1, 0.15) is 12.1 Å². The Morgan fingerprint density at radius 3 is 2.80 bits per heavy atom. The Morgan fingerprint density at radius 1 is 1.50 bits per heavy atom. The van der Waals surface area contributed by atoms with Crippen LogP contribution in [0.5, 0.6) is 0 Å². The highest BCUT2D eigenvalue weighted by Crippen LogP contribution is 2.26. The minimum atomic E-state index is -0.663. The highest BCUT2D eigenvalue weighted by molar-refractivity contribution is 5.92. The van der Waals surface area contributed by atoms with E-state index in [9.17, 15) is 14.9 Å². The van der Waals surface area contributed by atoms with Gasteiger partial charge in [0.05, 0.1) is 23.3 Å². The average molecular weight is 276 g/mol. The molecule has 0 fully saturated rings. The summed E-state index contributed by atoms with van der Waals surface area (Å²) in [6.07, 6.45) is 1.33. The lowest BCUT2D eigenvalue weighted by Gasteiger charge is -2.09. The number of esters is 1. The third-order valence-electron chi connectivity index (χ3n) is 2.92. The first-order chi connectivity index (χ1) is 9.47. The van der Waals surface area contributed by atoms with Gasteiger partial charge in [-0.3, -0.25) is 14.7 Å². The number of nitrogens with two attached hydrogens (primary N) is 1. The van der Waals surface area contributed by atoms with Gasteiger partial charge in [0.15, 0.2) is 5.69 Å². The van der Waals surface area contributed by atoms with Gasteiger partial charge in [0, 0.05) is 6.07 Å². The fraction of sp³-hybridized carbons (Fsp3) is 0.167. The molecule has 0 amide bonds. The van der Waals surface area contributed by atoms with Gasteiger partial charge >= 0.3 is 5.97 Å². The lowest BCUT2D eigenvalue weighted by molar-refractivity contribution is -0.385. The van der Waals surface area contributed by atoms with Crippen LogP contribution in [-0.2, 0) is 4.74 Å². The summed E-state index contributed by atoms with van der Waals surface area (Å²) in [6, 6.07) is 4.59. The van der Waals surface area contributed by atoms with E-state index in [1.165, 1.54) is 30.1 Å². The number of carbonyl (C=O) groups excluding carboxylic acids is 1. The second kappa shape index (κ2) is 5.00. The van der Waals surface area contributed by atoms with Gasteiger partial charge in [-0.05, 0) is 13.0 Å². The van der Waals surface area contributed by atoms with Crippen molar-refractivity contribution in [2.75, 3.05) is 12.8 Å². The van der Waals surface area contributed by atoms with Crippen LogP contribution in [0, 0.1) is 17.0 Å². The molecule has 0 unspecified atom stereocenters. The molecule has 0 aliphatic rings. The summed E-state index contributed by atoms with van der Waals surface area (Å²) in [5.74, 6) is -0.593. The molecule has 0 aliphatic heterocycles. The van der Waals surface area contributed by atoms with Crippen LogP contribution in [0.15, 0.2) is 24.5 Å². The first kappa shape index (κ1) is 13.5. The van der Waals surface area contributed by atoms with Crippen molar-refractivity contribution in [2.45, 2.75) is 6.92 Å². The van der Waals surface area contributed by atoms with Gasteiger partial charge in [-0.25, -0.2) is 9.78 Å². The molecule has 0 atom stereocenters. The topological polar surface area (TPSA) is 113 Å². The monoisotopic (exact) mass is 276 g/mol. The molecular formula is C12H12N4O4. The number of ether oxygens (including phenoxy) is 1. The van der Waals surface area contributed by atoms with Crippen LogP contribution in [0.3, 0.4) is 0 Å². The van der Waals surface area contributed by atoms with E-state index in [-0.39, 0.29) is 17.2 Å². The predicted octanol–water partition coefficient (Wildman–Crippen LogP) is 1.46. The van der Waals surface area contributed by atoms with Crippen LogP contribution in [0.25, 0.3) is 5.69 Å². The molecule has 1 heterocycles. The summed E-state index contributed by atoms with van der Waals surface area (Å²) in [7, 11) is 1.22. The van der Waals surface area contributed by atoms with E-state index in [1.54, 1.807) is 13.0 Å². The van der Waals surface area contributed by atoms with E-state index < -0.39 is 10.9 Å². The van der Waals surface area contributed by atoms with Gasteiger partial charge in [0.2, 0.25) is 0 Å². The fourth-order valence-electron chi connectivity index (χ4n) is 1.87. The Kier molecular flexibility index (Phi) is 3.38. The van der Waals surface area contributed by atoms with Crippen molar-refractivity contribution < 1.29 is 14.5 Å². The molecule has 0 aliphatic carbocycles. The number of benzene rings is 1. The summed E-state index contributed by atoms with van der Waals surface area (Å²) in [4.78, 5) is 25.8. The average Bonchev–Trinajstić information content (AvgIpc) is 2.79. The Morgan fingerprint density at radius 2 is 2.20 bits per heavy atom. The number of aromatic nitrogens is 2. The molecule has 8 nitrogen and oxygen atoms in total. The Balaban J connectivity index is 2.59. The maximum Gasteiger partial charge on any atom is 0.360 e. The van der Waals surface area contributed by atoms with Gasteiger partial charge in [-0.15, -0.1) is 0 Å². The van der Waals surface area contributed by atoms with Crippen LogP contribution < -0.4 is 5.73 Å². The number of nitro benzene ring substituents is 1. The Bertz CT molecular complexity index is 693. The summed E-state index contributed by atoms with van der Waals surface area (Å²) in [6.45, 7) is 1.60. The molecule has 0 saturated carbocycles. The lowest BCUT2D eigenvalue weighted by Crippen LogP contribution is -2.08. The first-order valence-electron chi connectivity index (χ1n) is 5.63. The SMILES string of the molecule is COC(=O)c1ncn(-c2cccc([N+](=O)[O-])c2C)c1N. The minimum Gasteiger partial charge on any atom is -0.464 e. The Labute approximate surface area is 113 Å². The molecule has 2 aromatic rings. The molecule has 1 aromatic carbocycles. The molecule has 8 heteroatoms. The molecule has 104 valence electrons. The normalized spacial score (nSPS) is 10.3. The summed E-state index contributed by atoms with van der Waals surface area (Å²) in [5.41, 5.74) is 6.69. The van der Waals surface area contributed by atoms with Crippen molar-refractivity contribution in [2.24, 2.45) is 0 Å². The summed E-state index contributed by atoms with van der Waals surface area (Å²) in [5, 5.41) is 10.9. The van der Waals surface area contributed by atoms with E-state index in [0.29, 0.717) is 11.3 Å². The van der Waals surface area contributed by atoms with Crippen LogP contribution in [0.4, 0.5) is 11.5 Å². The third kappa shape index (κ3) is 2.07. The van der Waals surface area contributed by atoms with Gasteiger partial charge < -0.3 is 10.5 Å². The lowest BCUT2D eigenvalue weighted by atomic mass is 10.1. The van der Waals surface area contributed by atoms with Crippen LogP contribution in [0.2, 0.25) is 0 Å². The van der Waals surface area contributed by atoms with E-state index >= 15 is 0 Å². The fourth-order valence-corrected chi connectivity index (χ4v) is 1.87. The quantitative estimate of drug-likeness (QED) is 0.515. The molecule has 0 radical (unpaired) electrons. The largest absolute Gasteiger partial charge is 0.464 e. The molecule has 2 N–H and O–H groups in total. The number of methoxy groups -OCH3 is 1. The highest BCUT2D eigenvalue weighted by Gasteiger charge is 2.20. The van der Waals surface area contributed by atoms with Crippen LogP contribution in [-0.4, -0.2) is 27.6 Å². The zero-order chi connectivity index (χ0) is 14.9. The number of rotatable bonds is 3. The van der Waals surface area contributed by atoms with E-state index in [0.717, 1.165) is 0 Å². The smallest absolute Gasteiger partial charge is 0.360 e. The summed E-state index contributed by atoms with van der Waals surface area (Å²) >= 11 is 0. The molecular weight excluding hydrogens is 264 g/mol. The third-order valence-corrected chi connectivity index (χ3v) is 2.92. The predicted molar refractivity (Wildman–Crippen MR) is 70.7 cm³/mol. The minimum absolute atomic E-state index is 0.0293. The molecule has 2 rings (SSSR count). The van der Waals surface area contributed by atoms with Gasteiger partial charge in [0.25, 0.3) is 5.69 Å². The standard InChI is InChI=1S/C12H12N4O4/c1-7-8(4-3-5-9(7)16(18)19)15-6-14-10(11(15)13)12(17)20-2/h3-6H,13H2,1-2H3. The number of nitro groups is 1. The van der Waals surface area contributed by atoms with Crippen molar-refractivity contribution >= 4 is 17.5 Å². The zero-order valence-electron chi connectivity index (χ0n) is 10.9. The van der Waals surface area contributed by atoms with Gasteiger partial charge in [-0.2, -0.15) is 0 Å². The summed E-state index contributed by atoms with van der Waals surface area (Å²) < 4.78 is 5.97. The van der Waals surface area contributed by atoms with Crippen molar-refractivity contribution in [1.29, 1.82) is 0 Å². The first-order valence-corrected chi connectivity index (χ1v) is 5.63. The maximum absolute atomic E-state index is 11.5. The maximum atomic E-state index is 11.5. The van der Waals surface area contributed by atoms with Crippen molar-refractivity contribution in [3.05, 3.63) is 45.9 Å². The van der Waals surface area contributed by atoms with Crippen LogP contribution >= 0.6 is 0 Å². The molecule has 0 bridgehead atoms. The van der Waals surface area contributed by atoms with Crippen LogP contribution in [0.1, 0.15) is 16.1 Å². The number of imidazole rings is 1. The molecule has 0 saturated heterocycles. The van der Waals surface area contributed by atoms with E-state index in [4.69, 9.17) is 5.73 Å². The number of hydrogen-bond acceptors (Lipinski definition) is 6. The van der Waals surface area contributed by atoms with Crippen molar-refractivity contribution in [3.8, 4) is 5.69 Å². The molecule has 0 spiro atoms. The highest BCUT2D eigenvalue weighted by atomic mass is 16.6. The second-order valence-corrected chi connectivity index (χ2v) is 4.02. The molecule has 1 aromatic heterocycles. The van der Waals surface area contributed by atoms with Crippen molar-refractivity contribution in [1.82, 2.24) is 9.55 Å². The molecule has 20 heavy (non-hydrogen) atoms. The second-order valence-electron chi connectivity index (χ2n) is 4.02. The number of hydrogen-bond donors (Lipinski definition) is 1. The van der Waals surface area contributed by atoms with E-state index in [2.05, 4.69) is 9.72 Å².